The van der Waals surface area contributed by atoms with Gasteiger partial charge in [0.25, 0.3) is 0 Å². The molecule has 0 N–H and O–H groups in total. The quantitative estimate of drug-likeness (QED) is 0.665. The molecule has 1 atom stereocenters. The highest BCUT2D eigenvalue weighted by molar-refractivity contribution is 5.98. The summed E-state index contributed by atoms with van der Waals surface area (Å²) in [6.07, 6.45) is 3.91. The molecule has 3 heteroatoms. The molecule has 1 unspecified atom stereocenters. The summed E-state index contributed by atoms with van der Waals surface area (Å²) in [7, 11) is 0. The minimum absolute atomic E-state index is 0.0599. The fraction of sp³-hybridized carbons (Fsp3) is 0.500. The molecule has 0 bridgehead atoms. The second-order valence-electron chi connectivity index (χ2n) is 3.20. The summed E-state index contributed by atoms with van der Waals surface area (Å²) in [5, 5.41) is 0. The Morgan fingerprint density at radius 3 is 2.85 bits per heavy atom. The van der Waals surface area contributed by atoms with Crippen molar-refractivity contribution in [1.82, 2.24) is 9.97 Å². The lowest BCUT2D eigenvalue weighted by molar-refractivity contribution is 0.0926. The first-order valence-electron chi connectivity index (χ1n) is 4.47. The van der Waals surface area contributed by atoms with Crippen molar-refractivity contribution >= 4 is 5.78 Å². The van der Waals surface area contributed by atoms with Crippen molar-refractivity contribution < 1.29 is 4.79 Å². The van der Waals surface area contributed by atoms with Gasteiger partial charge in [-0.2, -0.15) is 0 Å². The molecule has 0 fully saturated rings. The van der Waals surface area contributed by atoms with E-state index in [0.717, 1.165) is 12.1 Å². The van der Waals surface area contributed by atoms with Crippen molar-refractivity contribution in [3.05, 3.63) is 23.8 Å². The fourth-order valence-corrected chi connectivity index (χ4v) is 1.08. The van der Waals surface area contributed by atoms with Crippen LogP contribution in [0.15, 0.2) is 12.5 Å². The van der Waals surface area contributed by atoms with E-state index in [9.17, 15) is 4.79 Å². The van der Waals surface area contributed by atoms with Gasteiger partial charge in [-0.15, -0.1) is 0 Å². The van der Waals surface area contributed by atoms with E-state index >= 15 is 0 Å². The van der Waals surface area contributed by atoms with Gasteiger partial charge in [0.15, 0.2) is 5.78 Å². The van der Waals surface area contributed by atoms with Gasteiger partial charge in [-0.1, -0.05) is 13.8 Å². The zero-order valence-corrected chi connectivity index (χ0v) is 8.24. The molecular formula is C10H14N2O. The number of carbonyl (C=O) groups excluding carboxylic acids is 1. The van der Waals surface area contributed by atoms with Gasteiger partial charge in [-0.05, 0) is 13.3 Å². The highest BCUT2D eigenvalue weighted by Gasteiger charge is 2.15. The van der Waals surface area contributed by atoms with Crippen molar-refractivity contribution in [3.63, 3.8) is 0 Å². The molecule has 0 aliphatic heterocycles. The van der Waals surface area contributed by atoms with Crippen molar-refractivity contribution in [3.8, 4) is 0 Å². The van der Waals surface area contributed by atoms with Crippen LogP contribution in [0.1, 0.15) is 36.3 Å². The molecule has 13 heavy (non-hydrogen) atoms. The van der Waals surface area contributed by atoms with Crippen LogP contribution in [0.25, 0.3) is 0 Å². The van der Waals surface area contributed by atoms with Crippen molar-refractivity contribution in [1.29, 1.82) is 0 Å². The molecule has 0 saturated carbocycles. The Hall–Kier alpha value is -1.25. The molecule has 3 nitrogen and oxygen atoms in total. The van der Waals surface area contributed by atoms with E-state index in [4.69, 9.17) is 0 Å². The summed E-state index contributed by atoms with van der Waals surface area (Å²) < 4.78 is 0. The summed E-state index contributed by atoms with van der Waals surface area (Å²) in [4.78, 5) is 19.6. The van der Waals surface area contributed by atoms with E-state index in [2.05, 4.69) is 9.97 Å². The molecule has 0 amide bonds. The average molecular weight is 178 g/mol. The maximum atomic E-state index is 11.7. The summed E-state index contributed by atoms with van der Waals surface area (Å²) >= 11 is 0. The van der Waals surface area contributed by atoms with Crippen LogP contribution in [0.3, 0.4) is 0 Å². The molecular weight excluding hydrogens is 164 g/mol. The first kappa shape index (κ1) is 9.84. The van der Waals surface area contributed by atoms with Crippen LogP contribution in [0.2, 0.25) is 0 Å². The molecule has 70 valence electrons. The number of rotatable bonds is 3. The second-order valence-corrected chi connectivity index (χ2v) is 3.20. The molecule has 0 saturated heterocycles. The lowest BCUT2D eigenvalue weighted by Gasteiger charge is -2.07. The van der Waals surface area contributed by atoms with Crippen molar-refractivity contribution in [2.45, 2.75) is 27.2 Å². The van der Waals surface area contributed by atoms with Crippen LogP contribution in [0.4, 0.5) is 0 Å². The van der Waals surface area contributed by atoms with Gasteiger partial charge in [0, 0.05) is 12.1 Å². The molecule has 1 heterocycles. The predicted molar refractivity (Wildman–Crippen MR) is 50.6 cm³/mol. The molecule has 1 rings (SSSR count). The van der Waals surface area contributed by atoms with Crippen molar-refractivity contribution in [2.75, 3.05) is 0 Å². The van der Waals surface area contributed by atoms with Gasteiger partial charge in [0.1, 0.15) is 6.33 Å². The number of Topliss-reactive ketones (excluding diaryl/α,β-unsaturated/α-hetero) is 1. The number of ketones is 1. The molecule has 1 aromatic heterocycles. The zero-order valence-electron chi connectivity index (χ0n) is 8.24. The Balaban J connectivity index is 2.95. The van der Waals surface area contributed by atoms with E-state index in [-0.39, 0.29) is 11.7 Å². The number of aryl methyl sites for hydroxylation is 1. The van der Waals surface area contributed by atoms with Gasteiger partial charge >= 0.3 is 0 Å². The minimum atomic E-state index is 0.0599. The summed E-state index contributed by atoms with van der Waals surface area (Å²) in [5.41, 5.74) is 1.41. The van der Waals surface area contributed by atoms with E-state index in [0.29, 0.717) is 5.56 Å². The van der Waals surface area contributed by atoms with Crippen LogP contribution in [0.5, 0.6) is 0 Å². The minimum Gasteiger partial charge on any atom is -0.294 e. The summed E-state index contributed by atoms with van der Waals surface area (Å²) in [6.45, 7) is 5.76. The standard InChI is InChI=1S/C10H14N2O/c1-4-7(2)10(13)9-5-11-6-12-8(9)3/h5-7H,4H2,1-3H3. The third kappa shape index (κ3) is 2.11. The third-order valence-corrected chi connectivity index (χ3v) is 2.24. The molecule has 0 aliphatic carbocycles. The smallest absolute Gasteiger partial charge is 0.169 e. The van der Waals surface area contributed by atoms with Gasteiger partial charge in [0.2, 0.25) is 0 Å². The Morgan fingerprint density at radius 2 is 2.31 bits per heavy atom. The number of aromatic nitrogens is 2. The average Bonchev–Trinajstić information content (AvgIpc) is 2.16. The zero-order chi connectivity index (χ0) is 9.84. The lowest BCUT2D eigenvalue weighted by Crippen LogP contribution is -2.12. The maximum absolute atomic E-state index is 11.7. The molecule has 0 radical (unpaired) electrons. The monoisotopic (exact) mass is 178 g/mol. The van der Waals surface area contributed by atoms with E-state index in [1.54, 1.807) is 6.20 Å². The highest BCUT2D eigenvalue weighted by atomic mass is 16.1. The van der Waals surface area contributed by atoms with Gasteiger partial charge in [0.05, 0.1) is 11.3 Å². The summed E-state index contributed by atoms with van der Waals surface area (Å²) in [6, 6.07) is 0. The number of hydrogen-bond acceptors (Lipinski definition) is 3. The summed E-state index contributed by atoms with van der Waals surface area (Å²) in [5.74, 6) is 0.199. The first-order chi connectivity index (χ1) is 6.16. The Morgan fingerprint density at radius 1 is 1.62 bits per heavy atom. The van der Waals surface area contributed by atoms with Crippen LogP contribution in [-0.4, -0.2) is 15.8 Å². The van der Waals surface area contributed by atoms with Crippen LogP contribution < -0.4 is 0 Å². The number of hydrogen-bond donors (Lipinski definition) is 0. The normalized spacial score (nSPS) is 12.5. The van der Waals surface area contributed by atoms with Gasteiger partial charge in [-0.25, -0.2) is 9.97 Å². The molecule has 0 aliphatic rings. The number of carbonyl (C=O) groups is 1. The second kappa shape index (κ2) is 4.12. The lowest BCUT2D eigenvalue weighted by atomic mass is 9.97. The topological polar surface area (TPSA) is 42.9 Å². The van der Waals surface area contributed by atoms with E-state index in [1.807, 2.05) is 20.8 Å². The highest BCUT2D eigenvalue weighted by Crippen LogP contribution is 2.12. The Kier molecular flexibility index (Phi) is 3.12. The van der Waals surface area contributed by atoms with Crippen molar-refractivity contribution in [2.24, 2.45) is 5.92 Å². The third-order valence-electron chi connectivity index (χ3n) is 2.24. The first-order valence-corrected chi connectivity index (χ1v) is 4.47. The van der Waals surface area contributed by atoms with Gasteiger partial charge in [-0.3, -0.25) is 4.79 Å². The van der Waals surface area contributed by atoms with Crippen LogP contribution in [0, 0.1) is 12.8 Å². The molecule has 0 spiro atoms. The van der Waals surface area contributed by atoms with E-state index in [1.165, 1.54) is 6.33 Å². The van der Waals surface area contributed by atoms with Crippen LogP contribution in [-0.2, 0) is 0 Å². The largest absolute Gasteiger partial charge is 0.294 e. The molecule has 1 aromatic rings. The molecule has 0 aromatic carbocycles. The Labute approximate surface area is 78.2 Å². The fourth-order valence-electron chi connectivity index (χ4n) is 1.08. The maximum Gasteiger partial charge on any atom is 0.169 e. The predicted octanol–water partition coefficient (Wildman–Crippen LogP) is 2.01. The Bertz CT molecular complexity index is 310. The van der Waals surface area contributed by atoms with Gasteiger partial charge < -0.3 is 0 Å². The number of nitrogens with zero attached hydrogens (tertiary/aromatic N) is 2. The SMILES string of the molecule is CCC(C)C(=O)c1cncnc1C. The van der Waals surface area contributed by atoms with Crippen LogP contribution >= 0.6 is 0 Å². The van der Waals surface area contributed by atoms with E-state index < -0.39 is 0 Å².